The fourth-order valence-electron chi connectivity index (χ4n) is 3.53. The van der Waals surface area contributed by atoms with Crippen LogP contribution in [0.3, 0.4) is 0 Å². The summed E-state index contributed by atoms with van der Waals surface area (Å²) in [4.78, 5) is 15.5. The summed E-state index contributed by atoms with van der Waals surface area (Å²) in [6.07, 6.45) is 4.55. The Balaban J connectivity index is 0.000000170. The minimum absolute atomic E-state index is 0.0332. The standard InChI is InChI=1S/C10H13NO2.C8H15N/c1-11(2)10(13)9-5-3-4-8(6-9)7-12;1-9-5-7-2-3-8(4-7)6-9/h3-6,12H,7H2,1-2H3;7-8H,2-6H2,1H3/t;7-,8?/m.0/s1. The van der Waals surface area contributed by atoms with Crippen molar-refractivity contribution in [1.82, 2.24) is 9.80 Å². The predicted molar refractivity (Wildman–Crippen MR) is 88.7 cm³/mol. The topological polar surface area (TPSA) is 43.8 Å². The van der Waals surface area contributed by atoms with Crippen LogP contribution in [-0.4, -0.2) is 55.0 Å². The zero-order valence-electron chi connectivity index (χ0n) is 14.0. The molecule has 2 fully saturated rings. The van der Waals surface area contributed by atoms with Crippen molar-refractivity contribution in [2.24, 2.45) is 11.8 Å². The number of fused-ring (bicyclic) bond motifs is 2. The Hall–Kier alpha value is -1.39. The number of piperidine rings is 1. The van der Waals surface area contributed by atoms with Crippen LogP contribution in [0.5, 0.6) is 0 Å². The molecule has 1 unspecified atom stereocenters. The quantitative estimate of drug-likeness (QED) is 0.911. The van der Waals surface area contributed by atoms with Crippen molar-refractivity contribution >= 4 is 5.91 Å². The van der Waals surface area contributed by atoms with Gasteiger partial charge in [0.2, 0.25) is 0 Å². The molecule has 4 heteroatoms. The first kappa shape index (κ1) is 17.0. The van der Waals surface area contributed by atoms with E-state index in [1.54, 1.807) is 38.4 Å². The van der Waals surface area contributed by atoms with Gasteiger partial charge in [-0.3, -0.25) is 4.79 Å². The highest BCUT2D eigenvalue weighted by Crippen LogP contribution is 2.35. The number of aliphatic hydroxyl groups is 1. The van der Waals surface area contributed by atoms with Gasteiger partial charge in [0, 0.05) is 32.7 Å². The zero-order valence-corrected chi connectivity index (χ0v) is 14.0. The van der Waals surface area contributed by atoms with Crippen molar-refractivity contribution in [3.8, 4) is 0 Å². The van der Waals surface area contributed by atoms with Crippen LogP contribution in [0.2, 0.25) is 0 Å². The SMILES string of the molecule is CN(C)C(=O)c1cccc(CO)c1.CN1CC2CC[C@@H](C2)C1. The highest BCUT2D eigenvalue weighted by Gasteiger charge is 2.30. The average molecular weight is 304 g/mol. The first-order valence-electron chi connectivity index (χ1n) is 8.09. The predicted octanol–water partition coefficient (Wildman–Crippen LogP) is 2.23. The fourth-order valence-corrected chi connectivity index (χ4v) is 3.53. The summed E-state index contributed by atoms with van der Waals surface area (Å²) in [7, 11) is 5.66. The van der Waals surface area contributed by atoms with E-state index in [0.717, 1.165) is 17.4 Å². The van der Waals surface area contributed by atoms with Gasteiger partial charge in [-0.15, -0.1) is 0 Å². The molecule has 1 aromatic carbocycles. The van der Waals surface area contributed by atoms with Gasteiger partial charge in [-0.25, -0.2) is 0 Å². The molecule has 1 amide bonds. The maximum absolute atomic E-state index is 11.5. The Morgan fingerprint density at radius 1 is 1.27 bits per heavy atom. The number of hydrogen-bond donors (Lipinski definition) is 1. The molecule has 4 nitrogen and oxygen atoms in total. The third-order valence-electron chi connectivity index (χ3n) is 4.55. The van der Waals surface area contributed by atoms with Crippen molar-refractivity contribution in [3.05, 3.63) is 35.4 Å². The molecule has 1 saturated heterocycles. The molecule has 0 spiro atoms. The van der Waals surface area contributed by atoms with E-state index in [4.69, 9.17) is 5.11 Å². The molecule has 3 rings (SSSR count). The lowest BCUT2D eigenvalue weighted by molar-refractivity contribution is 0.0827. The van der Waals surface area contributed by atoms with Crippen LogP contribution in [0.25, 0.3) is 0 Å². The molecule has 22 heavy (non-hydrogen) atoms. The Bertz CT molecular complexity index is 490. The molecule has 1 N–H and O–H groups in total. The maximum Gasteiger partial charge on any atom is 0.253 e. The third-order valence-corrected chi connectivity index (χ3v) is 4.55. The van der Waals surface area contributed by atoms with Crippen LogP contribution in [0, 0.1) is 11.8 Å². The highest BCUT2D eigenvalue weighted by molar-refractivity contribution is 5.93. The molecule has 2 bridgehead atoms. The fraction of sp³-hybridized carbons (Fsp3) is 0.611. The van der Waals surface area contributed by atoms with E-state index in [2.05, 4.69) is 11.9 Å². The Kier molecular flexibility index (Phi) is 5.98. The highest BCUT2D eigenvalue weighted by atomic mass is 16.3. The van der Waals surface area contributed by atoms with Crippen LogP contribution in [-0.2, 0) is 6.61 Å². The second kappa shape index (κ2) is 7.75. The van der Waals surface area contributed by atoms with Gasteiger partial charge in [0.05, 0.1) is 6.61 Å². The minimum Gasteiger partial charge on any atom is -0.392 e. The number of likely N-dealkylation sites (tertiary alicyclic amines) is 1. The van der Waals surface area contributed by atoms with E-state index < -0.39 is 0 Å². The summed E-state index contributed by atoms with van der Waals surface area (Å²) in [6.45, 7) is 2.71. The van der Waals surface area contributed by atoms with Gasteiger partial charge < -0.3 is 14.9 Å². The minimum atomic E-state index is -0.0460. The van der Waals surface area contributed by atoms with Gasteiger partial charge in [0.15, 0.2) is 0 Å². The lowest BCUT2D eigenvalue weighted by Crippen LogP contribution is -2.32. The summed E-state index contributed by atoms with van der Waals surface area (Å²) < 4.78 is 0. The number of carbonyl (C=O) groups is 1. The molecule has 0 aromatic heterocycles. The van der Waals surface area contributed by atoms with E-state index in [1.165, 1.54) is 37.3 Å². The monoisotopic (exact) mass is 304 g/mol. The largest absolute Gasteiger partial charge is 0.392 e. The number of aliphatic hydroxyl groups excluding tert-OH is 1. The molecule has 1 heterocycles. The smallest absolute Gasteiger partial charge is 0.253 e. The Labute approximate surface area is 133 Å². The molecule has 1 aromatic rings. The second-order valence-corrected chi connectivity index (χ2v) is 6.82. The number of nitrogens with zero attached hydrogens (tertiary/aromatic N) is 2. The molecular weight excluding hydrogens is 276 g/mol. The van der Waals surface area contributed by atoms with Gasteiger partial charge in [-0.05, 0) is 55.8 Å². The summed E-state index contributed by atoms with van der Waals surface area (Å²) in [6, 6.07) is 6.98. The molecule has 1 aliphatic heterocycles. The Morgan fingerprint density at radius 2 is 1.91 bits per heavy atom. The third kappa shape index (κ3) is 4.55. The van der Waals surface area contributed by atoms with Gasteiger partial charge >= 0.3 is 0 Å². The first-order chi connectivity index (χ1) is 10.5. The molecule has 122 valence electrons. The zero-order chi connectivity index (χ0) is 16.1. The molecule has 2 atom stereocenters. The number of rotatable bonds is 2. The van der Waals surface area contributed by atoms with E-state index >= 15 is 0 Å². The van der Waals surface area contributed by atoms with E-state index in [1.807, 2.05) is 0 Å². The lowest BCUT2D eigenvalue weighted by atomic mass is 10.00. The van der Waals surface area contributed by atoms with Gasteiger partial charge in [-0.1, -0.05) is 12.1 Å². The van der Waals surface area contributed by atoms with Gasteiger partial charge in [0.25, 0.3) is 5.91 Å². The van der Waals surface area contributed by atoms with E-state index in [-0.39, 0.29) is 12.5 Å². The number of carbonyl (C=O) groups excluding carboxylic acids is 1. The Morgan fingerprint density at radius 3 is 2.45 bits per heavy atom. The summed E-state index contributed by atoms with van der Waals surface area (Å²) in [5.41, 5.74) is 1.37. The van der Waals surface area contributed by atoms with Crippen molar-refractivity contribution < 1.29 is 9.90 Å². The van der Waals surface area contributed by atoms with Crippen molar-refractivity contribution in [1.29, 1.82) is 0 Å². The van der Waals surface area contributed by atoms with Gasteiger partial charge in [0.1, 0.15) is 0 Å². The van der Waals surface area contributed by atoms with E-state index in [0.29, 0.717) is 5.56 Å². The molecule has 0 radical (unpaired) electrons. The number of amides is 1. The molecular formula is C18H28N2O2. The normalized spacial score (nSPS) is 23.6. The van der Waals surface area contributed by atoms with Crippen molar-refractivity contribution in [3.63, 3.8) is 0 Å². The van der Waals surface area contributed by atoms with E-state index in [9.17, 15) is 4.79 Å². The van der Waals surface area contributed by atoms with Crippen molar-refractivity contribution in [2.75, 3.05) is 34.2 Å². The second-order valence-electron chi connectivity index (χ2n) is 6.82. The van der Waals surface area contributed by atoms with Crippen LogP contribution in [0.4, 0.5) is 0 Å². The number of hydrogen-bond acceptors (Lipinski definition) is 3. The van der Waals surface area contributed by atoms with Crippen LogP contribution in [0.1, 0.15) is 35.2 Å². The summed E-state index contributed by atoms with van der Waals surface area (Å²) >= 11 is 0. The van der Waals surface area contributed by atoms with Crippen molar-refractivity contribution in [2.45, 2.75) is 25.9 Å². The molecule has 1 saturated carbocycles. The van der Waals surface area contributed by atoms with Gasteiger partial charge in [-0.2, -0.15) is 0 Å². The van der Waals surface area contributed by atoms with Crippen LogP contribution < -0.4 is 0 Å². The maximum atomic E-state index is 11.5. The molecule has 1 aliphatic carbocycles. The summed E-state index contributed by atoms with van der Waals surface area (Å²) in [5, 5.41) is 8.86. The summed E-state index contributed by atoms with van der Waals surface area (Å²) in [5.74, 6) is 2.08. The van der Waals surface area contributed by atoms with Crippen LogP contribution >= 0.6 is 0 Å². The first-order valence-corrected chi connectivity index (χ1v) is 8.09. The number of benzene rings is 1. The molecule has 2 aliphatic rings. The average Bonchev–Trinajstić information content (AvgIpc) is 2.86. The lowest BCUT2D eigenvalue weighted by Gasteiger charge is -2.27. The van der Waals surface area contributed by atoms with Crippen LogP contribution in [0.15, 0.2) is 24.3 Å².